The molecule has 1 aromatic carbocycles. The number of hydrogen-bond acceptors (Lipinski definition) is 2. The highest BCUT2D eigenvalue weighted by Crippen LogP contribution is 2.30. The van der Waals surface area contributed by atoms with Crippen molar-refractivity contribution in [2.24, 2.45) is 5.73 Å². The molecular weight excluding hydrogens is 256 g/mol. The second-order valence-corrected chi connectivity index (χ2v) is 4.38. The lowest BCUT2D eigenvalue weighted by molar-refractivity contribution is 0.277. The van der Waals surface area contributed by atoms with E-state index in [0.29, 0.717) is 6.42 Å². The summed E-state index contributed by atoms with van der Waals surface area (Å²) in [6, 6.07) is 5.86. The average Bonchev–Trinajstić information content (AvgIpc) is 2.61. The highest BCUT2D eigenvalue weighted by molar-refractivity contribution is 9.10. The van der Waals surface area contributed by atoms with Gasteiger partial charge in [-0.3, -0.25) is 0 Å². The maximum atomic E-state index is 8.89. The van der Waals surface area contributed by atoms with Crippen LogP contribution >= 0.6 is 15.9 Å². The third-order valence-corrected chi connectivity index (χ3v) is 3.15. The predicted octanol–water partition coefficient (Wildman–Crippen LogP) is 2.31. The lowest BCUT2D eigenvalue weighted by Crippen LogP contribution is -2.12. The number of rotatable bonds is 3. The van der Waals surface area contributed by atoms with Crippen LogP contribution in [0.5, 0.6) is 0 Å². The number of nitrogens with two attached hydrogens (primary N) is 1. The van der Waals surface area contributed by atoms with E-state index < -0.39 is 0 Å². The van der Waals surface area contributed by atoms with Crippen molar-refractivity contribution in [1.29, 1.82) is 0 Å². The maximum Gasteiger partial charge on any atom is 0.0469 e. The molecule has 0 amide bonds. The summed E-state index contributed by atoms with van der Waals surface area (Å²) in [5.74, 6) is 0. The molecule has 0 aliphatic rings. The molecule has 0 aliphatic carbocycles. The largest absolute Gasteiger partial charge is 0.396 e. The van der Waals surface area contributed by atoms with Gasteiger partial charge in [0, 0.05) is 34.2 Å². The Morgan fingerprint density at radius 2 is 2.27 bits per heavy atom. The summed E-state index contributed by atoms with van der Waals surface area (Å²) in [7, 11) is 0. The smallest absolute Gasteiger partial charge is 0.0469 e. The van der Waals surface area contributed by atoms with Gasteiger partial charge in [0.25, 0.3) is 0 Å². The Kier molecular flexibility index (Phi) is 3.09. The zero-order valence-electron chi connectivity index (χ0n) is 8.20. The Bertz CT molecular complexity index is 467. The monoisotopic (exact) mass is 268 g/mol. The van der Waals surface area contributed by atoms with E-state index >= 15 is 0 Å². The molecule has 0 saturated heterocycles. The minimum atomic E-state index is -0.120. The third-order valence-electron chi connectivity index (χ3n) is 2.53. The molecule has 0 spiro atoms. The van der Waals surface area contributed by atoms with Crippen molar-refractivity contribution in [3.05, 3.63) is 34.4 Å². The predicted molar refractivity (Wildman–Crippen MR) is 64.6 cm³/mol. The Morgan fingerprint density at radius 3 is 3.00 bits per heavy atom. The second kappa shape index (κ2) is 4.35. The van der Waals surface area contributed by atoms with E-state index in [2.05, 4.69) is 20.9 Å². The number of halogens is 1. The van der Waals surface area contributed by atoms with E-state index in [0.717, 1.165) is 20.9 Å². The van der Waals surface area contributed by atoms with Crippen molar-refractivity contribution < 1.29 is 5.11 Å². The number of aromatic amines is 1. The summed E-state index contributed by atoms with van der Waals surface area (Å²) < 4.78 is 1.02. The van der Waals surface area contributed by atoms with E-state index in [1.807, 2.05) is 24.4 Å². The van der Waals surface area contributed by atoms with Gasteiger partial charge in [0.1, 0.15) is 0 Å². The van der Waals surface area contributed by atoms with Gasteiger partial charge in [-0.1, -0.05) is 12.1 Å². The average molecular weight is 269 g/mol. The van der Waals surface area contributed by atoms with Crippen molar-refractivity contribution in [3.8, 4) is 0 Å². The second-order valence-electron chi connectivity index (χ2n) is 3.53. The van der Waals surface area contributed by atoms with E-state index in [4.69, 9.17) is 10.8 Å². The Balaban J connectivity index is 2.54. The number of aliphatic hydroxyl groups excluding tert-OH is 1. The molecule has 0 fully saturated rings. The summed E-state index contributed by atoms with van der Waals surface area (Å²) in [5, 5.41) is 10.0. The zero-order chi connectivity index (χ0) is 10.8. The molecule has 1 unspecified atom stereocenters. The molecule has 2 aromatic rings. The van der Waals surface area contributed by atoms with Gasteiger partial charge < -0.3 is 15.8 Å². The van der Waals surface area contributed by atoms with Crippen LogP contribution in [0.4, 0.5) is 0 Å². The highest BCUT2D eigenvalue weighted by Gasteiger charge is 2.12. The first-order valence-electron chi connectivity index (χ1n) is 4.86. The first-order valence-corrected chi connectivity index (χ1v) is 5.65. The van der Waals surface area contributed by atoms with Gasteiger partial charge in [0.05, 0.1) is 0 Å². The lowest BCUT2D eigenvalue weighted by atomic mass is 10.0. The normalized spacial score (nSPS) is 13.3. The molecule has 1 heterocycles. The SMILES string of the molecule is NC(CCO)c1cccc2[nH]cc(Br)c12. The van der Waals surface area contributed by atoms with Gasteiger partial charge in [-0.05, 0) is 34.0 Å². The number of aliphatic hydroxyl groups is 1. The first kappa shape index (κ1) is 10.7. The molecule has 0 radical (unpaired) electrons. The van der Waals surface area contributed by atoms with Crippen molar-refractivity contribution in [2.75, 3.05) is 6.61 Å². The number of nitrogens with one attached hydrogen (secondary N) is 1. The molecule has 1 atom stereocenters. The van der Waals surface area contributed by atoms with Crippen molar-refractivity contribution >= 4 is 26.8 Å². The summed E-state index contributed by atoms with van der Waals surface area (Å²) >= 11 is 3.49. The topological polar surface area (TPSA) is 62.0 Å². The molecule has 15 heavy (non-hydrogen) atoms. The Hall–Kier alpha value is -0.840. The van der Waals surface area contributed by atoms with Crippen LogP contribution < -0.4 is 5.73 Å². The molecule has 0 bridgehead atoms. The van der Waals surface area contributed by atoms with Crippen molar-refractivity contribution in [3.63, 3.8) is 0 Å². The fraction of sp³-hybridized carbons (Fsp3) is 0.273. The van der Waals surface area contributed by atoms with Gasteiger partial charge in [-0.2, -0.15) is 0 Å². The van der Waals surface area contributed by atoms with Gasteiger partial charge in [0.15, 0.2) is 0 Å². The molecule has 3 nitrogen and oxygen atoms in total. The van der Waals surface area contributed by atoms with Crippen LogP contribution in [0, 0.1) is 0 Å². The Morgan fingerprint density at radius 1 is 1.47 bits per heavy atom. The lowest BCUT2D eigenvalue weighted by Gasteiger charge is -2.11. The number of hydrogen-bond donors (Lipinski definition) is 3. The van der Waals surface area contributed by atoms with Gasteiger partial charge in [-0.15, -0.1) is 0 Å². The standard InChI is InChI=1S/C11H13BrN2O/c12-8-6-14-10-3-1-2-7(11(8)10)9(13)4-5-15/h1-3,6,9,14-15H,4-5,13H2. The molecule has 2 rings (SSSR count). The van der Waals surface area contributed by atoms with E-state index in [1.54, 1.807) is 0 Å². The molecular formula is C11H13BrN2O. The Labute approximate surface area is 96.4 Å². The van der Waals surface area contributed by atoms with Crippen LogP contribution in [0.3, 0.4) is 0 Å². The summed E-state index contributed by atoms with van der Waals surface area (Å²) in [4.78, 5) is 3.16. The first-order chi connectivity index (χ1) is 7.24. The van der Waals surface area contributed by atoms with Crippen LogP contribution in [0.2, 0.25) is 0 Å². The van der Waals surface area contributed by atoms with Gasteiger partial charge >= 0.3 is 0 Å². The maximum absolute atomic E-state index is 8.89. The van der Waals surface area contributed by atoms with Crippen LogP contribution in [0.25, 0.3) is 10.9 Å². The number of aromatic nitrogens is 1. The fourth-order valence-electron chi connectivity index (χ4n) is 1.77. The molecule has 80 valence electrons. The number of benzene rings is 1. The van der Waals surface area contributed by atoms with Crippen LogP contribution in [0.15, 0.2) is 28.9 Å². The summed E-state index contributed by atoms with van der Waals surface area (Å²) in [5.41, 5.74) is 8.13. The fourth-order valence-corrected chi connectivity index (χ4v) is 2.33. The molecule has 4 heteroatoms. The number of fused-ring (bicyclic) bond motifs is 1. The van der Waals surface area contributed by atoms with Crippen LogP contribution in [-0.4, -0.2) is 16.7 Å². The van der Waals surface area contributed by atoms with Gasteiger partial charge in [0.2, 0.25) is 0 Å². The minimum absolute atomic E-state index is 0.111. The van der Waals surface area contributed by atoms with Crippen LogP contribution in [0.1, 0.15) is 18.0 Å². The highest BCUT2D eigenvalue weighted by atomic mass is 79.9. The van der Waals surface area contributed by atoms with Crippen molar-refractivity contribution in [2.45, 2.75) is 12.5 Å². The molecule has 0 aliphatic heterocycles. The summed E-state index contributed by atoms with van der Waals surface area (Å²) in [6.07, 6.45) is 2.48. The minimum Gasteiger partial charge on any atom is -0.396 e. The number of H-pyrrole nitrogens is 1. The zero-order valence-corrected chi connectivity index (χ0v) is 9.79. The molecule has 4 N–H and O–H groups in total. The molecule has 1 aromatic heterocycles. The van der Waals surface area contributed by atoms with Crippen molar-refractivity contribution in [1.82, 2.24) is 4.98 Å². The molecule has 0 saturated carbocycles. The quantitative estimate of drug-likeness (QED) is 0.800. The van der Waals surface area contributed by atoms with Gasteiger partial charge in [-0.25, -0.2) is 0 Å². The van der Waals surface area contributed by atoms with E-state index in [-0.39, 0.29) is 12.6 Å². The summed E-state index contributed by atoms with van der Waals surface area (Å²) in [6.45, 7) is 0.111. The van der Waals surface area contributed by atoms with E-state index in [9.17, 15) is 0 Å². The van der Waals surface area contributed by atoms with E-state index in [1.165, 1.54) is 0 Å². The van der Waals surface area contributed by atoms with Crippen LogP contribution in [-0.2, 0) is 0 Å². The third kappa shape index (κ3) is 1.93.